The summed E-state index contributed by atoms with van der Waals surface area (Å²) in [5.41, 5.74) is 3.52. The molecule has 5 rings (SSSR count). The lowest BCUT2D eigenvalue weighted by Gasteiger charge is -2.39. The number of piperazine rings is 1. The second-order valence-electron chi connectivity index (χ2n) is 9.99. The number of hydrogen-bond acceptors (Lipinski definition) is 3. The van der Waals surface area contributed by atoms with Gasteiger partial charge in [-0.15, -0.1) is 0 Å². The Bertz CT molecular complexity index is 1180. The van der Waals surface area contributed by atoms with Gasteiger partial charge in [0, 0.05) is 57.4 Å². The highest BCUT2D eigenvalue weighted by atomic mass is 19.1. The normalized spacial score (nSPS) is 19.4. The zero-order valence-electron chi connectivity index (χ0n) is 20.6. The maximum Gasteiger partial charge on any atom is 0.227 e. The van der Waals surface area contributed by atoms with Crippen LogP contribution in [0.2, 0.25) is 0 Å². The Labute approximate surface area is 212 Å². The van der Waals surface area contributed by atoms with Crippen molar-refractivity contribution in [1.29, 1.82) is 0 Å². The quantitative estimate of drug-likeness (QED) is 0.477. The zero-order chi connectivity index (χ0) is 24.9. The molecule has 6 heteroatoms. The van der Waals surface area contributed by atoms with Crippen LogP contribution < -0.4 is 0 Å². The molecular weight excluding hydrogens is 456 g/mol. The molecule has 2 saturated heterocycles. The molecule has 4 nitrogen and oxygen atoms in total. The minimum absolute atomic E-state index is 0.0251. The van der Waals surface area contributed by atoms with Gasteiger partial charge in [0.05, 0.1) is 5.92 Å². The van der Waals surface area contributed by atoms with E-state index in [-0.39, 0.29) is 11.8 Å². The summed E-state index contributed by atoms with van der Waals surface area (Å²) in [4.78, 5) is 20.1. The summed E-state index contributed by atoms with van der Waals surface area (Å²) >= 11 is 0. The number of hydrogen-bond donors (Lipinski definition) is 0. The van der Waals surface area contributed by atoms with Crippen LogP contribution in [0.25, 0.3) is 11.1 Å². The summed E-state index contributed by atoms with van der Waals surface area (Å²) in [5, 5.41) is 0. The van der Waals surface area contributed by atoms with E-state index in [0.29, 0.717) is 12.1 Å². The van der Waals surface area contributed by atoms with E-state index < -0.39 is 11.6 Å². The number of nitrogens with zero attached hydrogens (tertiary/aromatic N) is 3. The third kappa shape index (κ3) is 6.00. The first-order valence-corrected chi connectivity index (χ1v) is 12.9. The predicted octanol–water partition coefficient (Wildman–Crippen LogP) is 5.19. The van der Waals surface area contributed by atoms with E-state index in [2.05, 4.69) is 34.1 Å². The smallest absolute Gasteiger partial charge is 0.227 e. The molecule has 1 amide bonds. The Kier molecular flexibility index (Phi) is 7.73. The van der Waals surface area contributed by atoms with Crippen LogP contribution in [0.3, 0.4) is 0 Å². The summed E-state index contributed by atoms with van der Waals surface area (Å²) in [5.74, 6) is -0.827. The fraction of sp³-hybridized carbons (Fsp3) is 0.367. The molecule has 3 aromatic rings. The zero-order valence-corrected chi connectivity index (χ0v) is 20.6. The second-order valence-corrected chi connectivity index (χ2v) is 9.99. The van der Waals surface area contributed by atoms with Gasteiger partial charge in [-0.2, -0.15) is 0 Å². The molecule has 0 aliphatic carbocycles. The van der Waals surface area contributed by atoms with Crippen molar-refractivity contribution in [2.45, 2.75) is 25.9 Å². The highest BCUT2D eigenvalue weighted by molar-refractivity contribution is 5.79. The highest BCUT2D eigenvalue weighted by Crippen LogP contribution is 2.26. The van der Waals surface area contributed by atoms with Gasteiger partial charge < -0.3 is 4.90 Å². The number of halogens is 2. The first-order valence-electron chi connectivity index (χ1n) is 12.9. The number of benzene rings is 3. The number of carbonyl (C=O) groups is 1. The van der Waals surface area contributed by atoms with Gasteiger partial charge in [0.1, 0.15) is 11.6 Å². The van der Waals surface area contributed by atoms with Crippen molar-refractivity contribution in [2.24, 2.45) is 5.92 Å². The van der Waals surface area contributed by atoms with Gasteiger partial charge in [-0.05, 0) is 54.3 Å². The fourth-order valence-electron chi connectivity index (χ4n) is 5.45. The van der Waals surface area contributed by atoms with Crippen LogP contribution in [0.15, 0.2) is 72.8 Å². The summed E-state index contributed by atoms with van der Waals surface area (Å²) < 4.78 is 27.6. The van der Waals surface area contributed by atoms with E-state index in [1.54, 1.807) is 0 Å². The Morgan fingerprint density at radius 3 is 2.31 bits per heavy atom. The molecule has 2 aliphatic rings. The molecule has 2 aliphatic heterocycles. The number of carbonyl (C=O) groups excluding carboxylic acids is 1. The lowest BCUT2D eigenvalue weighted by Crippen LogP contribution is -2.52. The van der Waals surface area contributed by atoms with Crippen LogP contribution in [0.5, 0.6) is 0 Å². The summed E-state index contributed by atoms with van der Waals surface area (Å²) in [7, 11) is 0. The van der Waals surface area contributed by atoms with Crippen LogP contribution in [-0.4, -0.2) is 59.9 Å². The van der Waals surface area contributed by atoms with Crippen molar-refractivity contribution in [2.75, 3.05) is 39.3 Å². The minimum Gasteiger partial charge on any atom is -0.340 e. The van der Waals surface area contributed by atoms with Crippen LogP contribution in [0, 0.1) is 17.6 Å². The second kappa shape index (κ2) is 11.3. The van der Waals surface area contributed by atoms with Gasteiger partial charge >= 0.3 is 0 Å². The van der Waals surface area contributed by atoms with Gasteiger partial charge in [0.25, 0.3) is 0 Å². The Balaban J connectivity index is 1.16. The highest BCUT2D eigenvalue weighted by Gasteiger charge is 2.31. The molecule has 36 heavy (non-hydrogen) atoms. The van der Waals surface area contributed by atoms with E-state index in [0.717, 1.165) is 75.8 Å². The number of rotatable bonds is 6. The maximum absolute atomic E-state index is 14.3. The van der Waals surface area contributed by atoms with Crippen molar-refractivity contribution in [1.82, 2.24) is 14.7 Å². The van der Waals surface area contributed by atoms with Crippen molar-refractivity contribution < 1.29 is 13.6 Å². The van der Waals surface area contributed by atoms with Gasteiger partial charge in [-0.3, -0.25) is 14.6 Å². The lowest BCUT2D eigenvalue weighted by molar-refractivity contribution is -0.139. The molecule has 0 bridgehead atoms. The summed E-state index contributed by atoms with van der Waals surface area (Å²) in [6.07, 6.45) is 1.93. The third-order valence-electron chi connectivity index (χ3n) is 7.36. The molecule has 188 valence electrons. The Hall–Kier alpha value is -3.09. The van der Waals surface area contributed by atoms with Crippen molar-refractivity contribution in [3.8, 4) is 11.1 Å². The molecule has 0 spiro atoms. The van der Waals surface area contributed by atoms with E-state index >= 15 is 0 Å². The molecule has 2 fully saturated rings. The van der Waals surface area contributed by atoms with Crippen LogP contribution in [0.1, 0.15) is 24.0 Å². The summed E-state index contributed by atoms with van der Waals surface area (Å²) in [6.45, 7) is 6.72. The average Bonchev–Trinajstić information content (AvgIpc) is 2.90. The predicted molar refractivity (Wildman–Crippen MR) is 138 cm³/mol. The van der Waals surface area contributed by atoms with Gasteiger partial charge in [0.15, 0.2) is 0 Å². The number of piperidine rings is 1. The first kappa shape index (κ1) is 24.6. The number of amides is 1. The monoisotopic (exact) mass is 489 g/mol. The Morgan fingerprint density at radius 2 is 1.53 bits per heavy atom. The Morgan fingerprint density at radius 1 is 0.778 bits per heavy atom. The lowest BCUT2D eigenvalue weighted by atomic mass is 9.95. The van der Waals surface area contributed by atoms with Crippen LogP contribution in [0.4, 0.5) is 8.78 Å². The molecular formula is C30H33F2N3O. The molecule has 0 aromatic heterocycles. The first-order chi connectivity index (χ1) is 17.5. The SMILES string of the molecule is O=C(C1CCCN(Cc2cccc(-c3ccc(F)cc3F)c2)C1)N1CCN(Cc2ccccc2)CC1. The molecule has 1 atom stereocenters. The molecule has 0 saturated carbocycles. The van der Waals surface area contributed by atoms with Crippen molar-refractivity contribution in [3.63, 3.8) is 0 Å². The van der Waals surface area contributed by atoms with E-state index in [1.807, 2.05) is 35.2 Å². The average molecular weight is 490 g/mol. The maximum atomic E-state index is 14.3. The van der Waals surface area contributed by atoms with Crippen molar-refractivity contribution >= 4 is 5.91 Å². The standard InChI is InChI=1S/C30H33F2N3O/c31-27-11-12-28(29(32)19-27)25-9-4-8-24(18-25)21-34-13-5-10-26(22-34)30(36)35-16-14-33(15-17-35)20-23-6-2-1-3-7-23/h1-4,6-9,11-12,18-19,26H,5,10,13-17,20-22H2. The molecule has 0 radical (unpaired) electrons. The molecule has 3 aromatic carbocycles. The molecule has 0 N–H and O–H groups in total. The van der Waals surface area contributed by atoms with Crippen molar-refractivity contribution in [3.05, 3.63) is 95.6 Å². The van der Waals surface area contributed by atoms with E-state index in [9.17, 15) is 13.6 Å². The largest absolute Gasteiger partial charge is 0.340 e. The topological polar surface area (TPSA) is 26.8 Å². The molecule has 2 heterocycles. The van der Waals surface area contributed by atoms with Gasteiger partial charge in [-0.25, -0.2) is 8.78 Å². The fourth-order valence-corrected chi connectivity index (χ4v) is 5.45. The van der Waals surface area contributed by atoms with E-state index in [1.165, 1.54) is 17.7 Å². The molecule has 1 unspecified atom stereocenters. The van der Waals surface area contributed by atoms with Gasteiger partial charge in [-0.1, -0.05) is 48.5 Å². The van der Waals surface area contributed by atoms with E-state index in [4.69, 9.17) is 0 Å². The van der Waals surface area contributed by atoms with Crippen LogP contribution >= 0.6 is 0 Å². The summed E-state index contributed by atoms with van der Waals surface area (Å²) in [6, 6.07) is 21.9. The number of likely N-dealkylation sites (tertiary alicyclic amines) is 1. The minimum atomic E-state index is -0.575. The third-order valence-corrected chi connectivity index (χ3v) is 7.36. The van der Waals surface area contributed by atoms with Gasteiger partial charge in [0.2, 0.25) is 5.91 Å². The van der Waals surface area contributed by atoms with Crippen LogP contribution in [-0.2, 0) is 17.9 Å².